The van der Waals surface area contributed by atoms with Crippen LogP contribution in [-0.4, -0.2) is 47.2 Å². The van der Waals surface area contributed by atoms with Crippen molar-refractivity contribution in [3.05, 3.63) is 35.5 Å². The predicted octanol–water partition coefficient (Wildman–Crippen LogP) is 1.12. The van der Waals surface area contributed by atoms with Gasteiger partial charge in [0.2, 0.25) is 17.7 Å². The predicted molar refractivity (Wildman–Crippen MR) is 121 cm³/mol. The first-order valence-corrected chi connectivity index (χ1v) is 10.9. The highest BCUT2D eigenvalue weighted by molar-refractivity contribution is 6.01. The van der Waals surface area contributed by atoms with Crippen molar-refractivity contribution in [2.75, 3.05) is 6.54 Å². The molecule has 0 bridgehead atoms. The number of amides is 4. The van der Waals surface area contributed by atoms with E-state index in [4.69, 9.17) is 5.73 Å². The number of nitrogens with one attached hydrogen (secondary N) is 4. The minimum atomic E-state index is -0.987. The number of carbonyl (C=O) groups excluding carboxylic acids is 4. The molecule has 0 radical (unpaired) electrons. The molecule has 9 heteroatoms. The third-order valence-electron chi connectivity index (χ3n) is 5.80. The number of rotatable bonds is 9. The number of nitrogens with two attached hydrogens (primary N) is 1. The van der Waals surface area contributed by atoms with Crippen molar-refractivity contribution in [3.8, 4) is 0 Å². The van der Waals surface area contributed by atoms with Gasteiger partial charge in [-0.3, -0.25) is 19.2 Å². The molecule has 4 amide bonds. The van der Waals surface area contributed by atoms with Gasteiger partial charge in [0.25, 0.3) is 5.91 Å². The smallest absolute Gasteiger partial charge is 0.268 e. The van der Waals surface area contributed by atoms with E-state index in [0.29, 0.717) is 25.1 Å². The SMILES string of the molecule is Cc1cccc2[nH]c(C(=O)NC(CC(C)C)C(=O)N[C@@H](CC3CCNC3=O)C(N)=O)cc12. The lowest BCUT2D eigenvalue weighted by molar-refractivity contribution is -0.130. The molecule has 0 aliphatic carbocycles. The molecular formula is C23H31N5O4. The van der Waals surface area contributed by atoms with E-state index in [-0.39, 0.29) is 24.2 Å². The van der Waals surface area contributed by atoms with Gasteiger partial charge < -0.3 is 26.7 Å². The Labute approximate surface area is 186 Å². The van der Waals surface area contributed by atoms with Crippen LogP contribution >= 0.6 is 0 Å². The van der Waals surface area contributed by atoms with Gasteiger partial charge in [-0.05, 0) is 49.8 Å². The fraction of sp³-hybridized carbons (Fsp3) is 0.478. The molecule has 1 aliphatic rings. The van der Waals surface area contributed by atoms with Gasteiger partial charge >= 0.3 is 0 Å². The molecule has 32 heavy (non-hydrogen) atoms. The van der Waals surface area contributed by atoms with Crippen molar-refractivity contribution < 1.29 is 19.2 Å². The number of carbonyl (C=O) groups is 4. The molecule has 3 atom stereocenters. The summed E-state index contributed by atoms with van der Waals surface area (Å²) >= 11 is 0. The highest BCUT2D eigenvalue weighted by Crippen LogP contribution is 2.20. The number of aromatic amines is 1. The zero-order valence-electron chi connectivity index (χ0n) is 18.7. The summed E-state index contributed by atoms with van der Waals surface area (Å²) in [7, 11) is 0. The number of fused-ring (bicyclic) bond motifs is 1. The maximum atomic E-state index is 13.0. The van der Waals surface area contributed by atoms with Crippen LogP contribution in [0.15, 0.2) is 24.3 Å². The lowest BCUT2D eigenvalue weighted by Gasteiger charge is -2.24. The first-order valence-electron chi connectivity index (χ1n) is 10.9. The van der Waals surface area contributed by atoms with Crippen LogP contribution in [0.3, 0.4) is 0 Å². The lowest BCUT2D eigenvalue weighted by Crippen LogP contribution is -2.54. The highest BCUT2D eigenvalue weighted by atomic mass is 16.2. The van der Waals surface area contributed by atoms with Gasteiger partial charge in [0, 0.05) is 23.4 Å². The summed E-state index contributed by atoms with van der Waals surface area (Å²) in [5, 5.41) is 9.07. The largest absolute Gasteiger partial charge is 0.368 e. The van der Waals surface area contributed by atoms with Crippen LogP contribution < -0.4 is 21.7 Å². The Balaban J connectivity index is 1.72. The fourth-order valence-electron chi connectivity index (χ4n) is 4.04. The molecule has 2 heterocycles. The van der Waals surface area contributed by atoms with Gasteiger partial charge in [0.15, 0.2) is 0 Å². The van der Waals surface area contributed by atoms with Crippen LogP contribution in [0, 0.1) is 18.8 Å². The number of aryl methyl sites for hydroxylation is 1. The summed E-state index contributed by atoms with van der Waals surface area (Å²) in [6, 6.07) is 5.66. The van der Waals surface area contributed by atoms with Crippen molar-refractivity contribution in [1.29, 1.82) is 0 Å². The number of benzene rings is 1. The molecule has 172 valence electrons. The Morgan fingerprint density at radius 2 is 1.94 bits per heavy atom. The molecule has 9 nitrogen and oxygen atoms in total. The molecule has 3 rings (SSSR count). The zero-order chi connectivity index (χ0) is 23.4. The summed E-state index contributed by atoms with van der Waals surface area (Å²) in [4.78, 5) is 52.8. The second-order valence-corrected chi connectivity index (χ2v) is 8.85. The first-order chi connectivity index (χ1) is 15.2. The van der Waals surface area contributed by atoms with Crippen molar-refractivity contribution >= 4 is 34.5 Å². The Kier molecular flexibility index (Phi) is 7.17. The number of aromatic nitrogens is 1. The Hall–Kier alpha value is -3.36. The second kappa shape index (κ2) is 9.84. The minimum Gasteiger partial charge on any atom is -0.368 e. The van der Waals surface area contributed by atoms with Crippen molar-refractivity contribution in [2.45, 2.75) is 52.1 Å². The molecular weight excluding hydrogens is 410 g/mol. The molecule has 2 unspecified atom stereocenters. The maximum absolute atomic E-state index is 13.0. The van der Waals surface area contributed by atoms with Crippen LogP contribution in [0.5, 0.6) is 0 Å². The number of H-pyrrole nitrogens is 1. The van der Waals surface area contributed by atoms with Gasteiger partial charge in [-0.1, -0.05) is 26.0 Å². The van der Waals surface area contributed by atoms with E-state index in [0.717, 1.165) is 16.5 Å². The first kappa shape index (κ1) is 23.3. The summed E-state index contributed by atoms with van der Waals surface area (Å²) in [6.07, 6.45) is 1.10. The fourth-order valence-corrected chi connectivity index (χ4v) is 4.04. The van der Waals surface area contributed by atoms with E-state index < -0.39 is 29.8 Å². The molecule has 6 N–H and O–H groups in total. The monoisotopic (exact) mass is 441 g/mol. The van der Waals surface area contributed by atoms with E-state index >= 15 is 0 Å². The van der Waals surface area contributed by atoms with Gasteiger partial charge in [-0.25, -0.2) is 0 Å². The van der Waals surface area contributed by atoms with Crippen molar-refractivity contribution in [2.24, 2.45) is 17.6 Å². The molecule has 1 fully saturated rings. The summed E-state index contributed by atoms with van der Waals surface area (Å²) in [5.41, 5.74) is 7.71. The van der Waals surface area contributed by atoms with Crippen LogP contribution in [0.1, 0.15) is 49.2 Å². The highest BCUT2D eigenvalue weighted by Gasteiger charge is 2.32. The number of primary amides is 1. The van der Waals surface area contributed by atoms with E-state index in [2.05, 4.69) is 20.9 Å². The van der Waals surface area contributed by atoms with E-state index in [1.54, 1.807) is 6.07 Å². The maximum Gasteiger partial charge on any atom is 0.268 e. The standard InChI is InChI=1S/C23H31N5O4/c1-12(2)9-18(22(31)27-17(20(24)29)10-14-7-8-25-21(14)30)28-23(32)19-11-15-13(3)5-4-6-16(15)26-19/h4-6,11-12,14,17-18,26H,7-10H2,1-3H3,(H2,24,29)(H,25,30)(H,27,31)(H,28,32)/t14?,17-,18?/m0/s1. The van der Waals surface area contributed by atoms with Crippen LogP contribution in [0.2, 0.25) is 0 Å². The molecule has 1 aromatic carbocycles. The molecule has 0 saturated carbocycles. The topological polar surface area (TPSA) is 146 Å². The third-order valence-corrected chi connectivity index (χ3v) is 5.80. The van der Waals surface area contributed by atoms with Gasteiger partial charge in [0.1, 0.15) is 17.8 Å². The van der Waals surface area contributed by atoms with Crippen LogP contribution in [-0.2, 0) is 14.4 Å². The normalized spacial score (nSPS) is 17.8. The van der Waals surface area contributed by atoms with Crippen molar-refractivity contribution in [3.63, 3.8) is 0 Å². The van der Waals surface area contributed by atoms with Crippen molar-refractivity contribution in [1.82, 2.24) is 20.9 Å². The number of hydrogen-bond donors (Lipinski definition) is 5. The Morgan fingerprint density at radius 1 is 1.19 bits per heavy atom. The minimum absolute atomic E-state index is 0.114. The van der Waals surface area contributed by atoms with Gasteiger partial charge in [0.05, 0.1) is 0 Å². The Bertz CT molecular complexity index is 1030. The number of hydrogen-bond acceptors (Lipinski definition) is 4. The van der Waals surface area contributed by atoms with Gasteiger partial charge in [-0.15, -0.1) is 0 Å². The molecule has 2 aromatic rings. The Morgan fingerprint density at radius 3 is 2.53 bits per heavy atom. The summed E-state index contributed by atoms with van der Waals surface area (Å²) in [6.45, 7) is 6.38. The quantitative estimate of drug-likeness (QED) is 0.397. The lowest BCUT2D eigenvalue weighted by atomic mass is 9.97. The average molecular weight is 442 g/mol. The molecule has 1 aromatic heterocycles. The molecule has 1 saturated heterocycles. The van der Waals surface area contributed by atoms with E-state index in [1.165, 1.54) is 0 Å². The second-order valence-electron chi connectivity index (χ2n) is 8.85. The third kappa shape index (κ3) is 5.46. The van der Waals surface area contributed by atoms with Crippen LogP contribution in [0.25, 0.3) is 10.9 Å². The summed E-state index contributed by atoms with van der Waals surface area (Å²) in [5.74, 6) is -2.02. The molecule has 1 aliphatic heterocycles. The van der Waals surface area contributed by atoms with Gasteiger partial charge in [-0.2, -0.15) is 0 Å². The average Bonchev–Trinajstić information content (AvgIpc) is 3.33. The summed E-state index contributed by atoms with van der Waals surface area (Å²) < 4.78 is 0. The van der Waals surface area contributed by atoms with Crippen LogP contribution in [0.4, 0.5) is 0 Å². The van der Waals surface area contributed by atoms with E-state index in [1.807, 2.05) is 39.0 Å². The zero-order valence-corrected chi connectivity index (χ0v) is 18.7. The van der Waals surface area contributed by atoms with E-state index in [9.17, 15) is 19.2 Å². The molecule has 0 spiro atoms.